The normalized spacial score (nSPS) is 29.3. The first-order valence-electron chi connectivity index (χ1n) is 6.91. The van der Waals surface area contributed by atoms with Crippen LogP contribution in [0.2, 0.25) is 0 Å². The average molecular weight is 252 g/mol. The molecule has 1 aliphatic heterocycles. The number of primary amides is 1. The molecule has 18 heavy (non-hydrogen) atoms. The maximum absolute atomic E-state index is 11.8. The Morgan fingerprint density at radius 1 is 1.50 bits per heavy atom. The number of carbonyl (C=O) groups is 1. The van der Waals surface area contributed by atoms with Crippen LogP contribution in [0.4, 0.5) is 0 Å². The number of nitrogens with two attached hydrogens (primary N) is 1. The van der Waals surface area contributed by atoms with Gasteiger partial charge in [0.1, 0.15) is 5.54 Å². The third-order valence-corrected chi connectivity index (χ3v) is 4.24. The first-order valence-corrected chi connectivity index (χ1v) is 6.91. The van der Waals surface area contributed by atoms with Gasteiger partial charge >= 0.3 is 0 Å². The lowest BCUT2D eigenvalue weighted by atomic mass is 9.94. The minimum Gasteiger partial charge on any atom is -0.382 e. The predicted octanol–water partition coefficient (Wildman–Crippen LogP) is 1.45. The van der Waals surface area contributed by atoms with Gasteiger partial charge < -0.3 is 10.5 Å². The summed E-state index contributed by atoms with van der Waals surface area (Å²) in [7, 11) is 1.64. The standard InChI is InChI=1S/C14H24N2O2/c1-18-11-14(13(15)17)8-5-9-16(14)10-12-6-3-2-4-7-12/h6H,2-5,7-11H2,1H3,(H2,15,17). The van der Waals surface area contributed by atoms with E-state index in [1.54, 1.807) is 7.11 Å². The fraction of sp³-hybridized carbons (Fsp3) is 0.786. The zero-order valence-electron chi connectivity index (χ0n) is 11.3. The second-order valence-corrected chi connectivity index (χ2v) is 5.46. The molecule has 0 bridgehead atoms. The van der Waals surface area contributed by atoms with Gasteiger partial charge in [0, 0.05) is 13.7 Å². The van der Waals surface area contributed by atoms with Crippen molar-refractivity contribution in [3.05, 3.63) is 11.6 Å². The molecular formula is C14H24N2O2. The number of amides is 1. The fourth-order valence-corrected chi connectivity index (χ4v) is 3.21. The molecule has 2 N–H and O–H groups in total. The van der Waals surface area contributed by atoms with E-state index in [0.717, 1.165) is 25.9 Å². The Morgan fingerprint density at radius 2 is 2.33 bits per heavy atom. The summed E-state index contributed by atoms with van der Waals surface area (Å²) in [6.07, 6.45) is 9.09. The van der Waals surface area contributed by atoms with Gasteiger partial charge in [0.2, 0.25) is 5.91 Å². The van der Waals surface area contributed by atoms with Crippen molar-refractivity contribution in [1.29, 1.82) is 0 Å². The summed E-state index contributed by atoms with van der Waals surface area (Å²) >= 11 is 0. The molecule has 0 aromatic carbocycles. The largest absolute Gasteiger partial charge is 0.382 e. The van der Waals surface area contributed by atoms with E-state index >= 15 is 0 Å². The molecular weight excluding hydrogens is 228 g/mol. The van der Waals surface area contributed by atoms with Crippen molar-refractivity contribution in [3.8, 4) is 0 Å². The zero-order valence-corrected chi connectivity index (χ0v) is 11.3. The number of hydrogen-bond acceptors (Lipinski definition) is 3. The Balaban J connectivity index is 2.09. The lowest BCUT2D eigenvalue weighted by molar-refractivity contribution is -0.131. The quantitative estimate of drug-likeness (QED) is 0.754. The van der Waals surface area contributed by atoms with Gasteiger partial charge in [-0.25, -0.2) is 0 Å². The lowest BCUT2D eigenvalue weighted by Gasteiger charge is -2.36. The molecule has 4 nitrogen and oxygen atoms in total. The summed E-state index contributed by atoms with van der Waals surface area (Å²) in [6.45, 7) is 2.24. The molecule has 2 rings (SSSR count). The third kappa shape index (κ3) is 2.59. The smallest absolute Gasteiger partial charge is 0.240 e. The second-order valence-electron chi connectivity index (χ2n) is 5.46. The van der Waals surface area contributed by atoms with Crippen LogP contribution in [0.5, 0.6) is 0 Å². The number of rotatable bonds is 5. The summed E-state index contributed by atoms with van der Waals surface area (Å²) in [5.74, 6) is -0.238. The number of ether oxygens (including phenoxy) is 1. The van der Waals surface area contributed by atoms with E-state index in [9.17, 15) is 4.79 Å². The molecule has 1 fully saturated rings. The summed E-state index contributed by atoms with van der Waals surface area (Å²) in [6, 6.07) is 0. The molecule has 0 spiro atoms. The predicted molar refractivity (Wildman–Crippen MR) is 71.2 cm³/mol. The molecule has 102 valence electrons. The van der Waals surface area contributed by atoms with Gasteiger partial charge in [-0.15, -0.1) is 0 Å². The van der Waals surface area contributed by atoms with E-state index in [-0.39, 0.29) is 5.91 Å². The van der Waals surface area contributed by atoms with E-state index in [0.29, 0.717) is 6.61 Å². The Bertz CT molecular complexity index is 341. The van der Waals surface area contributed by atoms with E-state index < -0.39 is 5.54 Å². The van der Waals surface area contributed by atoms with E-state index in [1.165, 1.54) is 31.3 Å². The number of nitrogens with zero attached hydrogens (tertiary/aromatic N) is 1. The first kappa shape index (κ1) is 13.6. The Kier molecular flexibility index (Phi) is 4.40. The van der Waals surface area contributed by atoms with E-state index in [1.807, 2.05) is 0 Å². The van der Waals surface area contributed by atoms with Crippen LogP contribution in [-0.4, -0.2) is 43.2 Å². The number of likely N-dealkylation sites (tertiary alicyclic amines) is 1. The first-order chi connectivity index (χ1) is 8.69. The highest BCUT2D eigenvalue weighted by atomic mass is 16.5. The Morgan fingerprint density at radius 3 is 2.94 bits per heavy atom. The number of carbonyl (C=O) groups excluding carboxylic acids is 1. The van der Waals surface area contributed by atoms with Crippen LogP contribution >= 0.6 is 0 Å². The molecule has 1 heterocycles. The highest BCUT2D eigenvalue weighted by molar-refractivity contribution is 5.85. The second kappa shape index (κ2) is 5.85. The van der Waals surface area contributed by atoms with Gasteiger partial charge in [-0.05, 0) is 45.1 Å². The molecule has 4 heteroatoms. The molecule has 1 amide bonds. The molecule has 2 aliphatic rings. The third-order valence-electron chi connectivity index (χ3n) is 4.24. The van der Waals surface area contributed by atoms with Gasteiger partial charge in [-0.1, -0.05) is 11.6 Å². The number of allylic oxidation sites excluding steroid dienone is 1. The molecule has 0 aromatic rings. The minimum atomic E-state index is -0.576. The van der Waals surface area contributed by atoms with Crippen molar-refractivity contribution in [1.82, 2.24) is 4.90 Å². The minimum absolute atomic E-state index is 0.238. The maximum atomic E-state index is 11.8. The number of hydrogen-bond donors (Lipinski definition) is 1. The van der Waals surface area contributed by atoms with Crippen LogP contribution in [0.3, 0.4) is 0 Å². The molecule has 1 atom stereocenters. The van der Waals surface area contributed by atoms with Crippen LogP contribution in [0.15, 0.2) is 11.6 Å². The average Bonchev–Trinajstić information content (AvgIpc) is 2.75. The van der Waals surface area contributed by atoms with Crippen LogP contribution < -0.4 is 5.73 Å². The topological polar surface area (TPSA) is 55.6 Å². The van der Waals surface area contributed by atoms with Crippen molar-refractivity contribution >= 4 is 5.91 Å². The van der Waals surface area contributed by atoms with Crippen LogP contribution in [-0.2, 0) is 9.53 Å². The molecule has 1 unspecified atom stereocenters. The SMILES string of the molecule is COCC1(C(N)=O)CCCN1CC1=CCCCC1. The highest BCUT2D eigenvalue weighted by Crippen LogP contribution is 2.31. The van der Waals surface area contributed by atoms with Crippen molar-refractivity contribution < 1.29 is 9.53 Å². The van der Waals surface area contributed by atoms with Gasteiger partial charge in [0.15, 0.2) is 0 Å². The molecule has 0 aromatic heterocycles. The zero-order chi connectivity index (χ0) is 13.0. The molecule has 1 saturated heterocycles. The Labute approximate surface area is 109 Å². The van der Waals surface area contributed by atoms with Crippen LogP contribution in [0.25, 0.3) is 0 Å². The van der Waals surface area contributed by atoms with Crippen LogP contribution in [0, 0.1) is 0 Å². The summed E-state index contributed by atoms with van der Waals surface area (Å²) < 4.78 is 5.25. The van der Waals surface area contributed by atoms with Crippen molar-refractivity contribution in [3.63, 3.8) is 0 Å². The van der Waals surface area contributed by atoms with Crippen molar-refractivity contribution in [2.75, 3.05) is 26.8 Å². The summed E-state index contributed by atoms with van der Waals surface area (Å²) in [5, 5.41) is 0. The molecule has 1 aliphatic carbocycles. The van der Waals surface area contributed by atoms with E-state index in [4.69, 9.17) is 10.5 Å². The Hall–Kier alpha value is -0.870. The van der Waals surface area contributed by atoms with E-state index in [2.05, 4.69) is 11.0 Å². The van der Waals surface area contributed by atoms with Crippen molar-refractivity contribution in [2.24, 2.45) is 5.73 Å². The highest BCUT2D eigenvalue weighted by Gasteiger charge is 2.46. The number of methoxy groups -OCH3 is 1. The fourth-order valence-electron chi connectivity index (χ4n) is 3.21. The molecule has 0 radical (unpaired) electrons. The van der Waals surface area contributed by atoms with Gasteiger partial charge in [-0.2, -0.15) is 0 Å². The van der Waals surface area contributed by atoms with Crippen LogP contribution in [0.1, 0.15) is 38.5 Å². The van der Waals surface area contributed by atoms with Gasteiger partial charge in [0.05, 0.1) is 6.61 Å². The lowest BCUT2D eigenvalue weighted by Crippen LogP contribution is -2.57. The summed E-state index contributed by atoms with van der Waals surface area (Å²) in [5.41, 5.74) is 6.52. The monoisotopic (exact) mass is 252 g/mol. The van der Waals surface area contributed by atoms with Gasteiger partial charge in [0.25, 0.3) is 0 Å². The van der Waals surface area contributed by atoms with Crippen molar-refractivity contribution in [2.45, 2.75) is 44.1 Å². The maximum Gasteiger partial charge on any atom is 0.240 e. The van der Waals surface area contributed by atoms with Gasteiger partial charge in [-0.3, -0.25) is 9.69 Å². The molecule has 0 saturated carbocycles. The summed E-state index contributed by atoms with van der Waals surface area (Å²) in [4.78, 5) is 14.1.